The van der Waals surface area contributed by atoms with Gasteiger partial charge < -0.3 is 9.40 Å². The van der Waals surface area contributed by atoms with Crippen molar-refractivity contribution >= 4 is 22.9 Å². The van der Waals surface area contributed by atoms with E-state index in [2.05, 4.69) is 20.3 Å². The number of benzene rings is 2. The zero-order chi connectivity index (χ0) is 15.6. The van der Waals surface area contributed by atoms with Gasteiger partial charge in [0.25, 0.3) is 5.89 Å². The Kier molecular flexibility index (Phi) is 3.12. The zero-order valence-corrected chi connectivity index (χ0v) is 12.0. The first-order valence-corrected chi connectivity index (χ1v) is 7.07. The van der Waals surface area contributed by atoms with Crippen molar-refractivity contribution in [3.05, 3.63) is 66.7 Å². The van der Waals surface area contributed by atoms with Crippen LogP contribution in [0.15, 0.2) is 65.2 Å². The van der Waals surface area contributed by atoms with Gasteiger partial charge in [-0.2, -0.15) is 0 Å². The SMILES string of the molecule is O=C(Nc1nc2ccccc2[nH]1)c1ncc(-c2ccccc2)o1. The highest BCUT2D eigenvalue weighted by Crippen LogP contribution is 2.20. The highest BCUT2D eigenvalue weighted by Gasteiger charge is 2.15. The molecule has 0 saturated heterocycles. The van der Waals surface area contributed by atoms with Crippen molar-refractivity contribution in [3.63, 3.8) is 0 Å². The molecule has 0 atom stereocenters. The summed E-state index contributed by atoms with van der Waals surface area (Å²) in [5, 5.41) is 2.65. The zero-order valence-electron chi connectivity index (χ0n) is 12.0. The molecule has 0 aliphatic heterocycles. The number of fused-ring (bicyclic) bond motifs is 1. The molecule has 0 radical (unpaired) electrons. The van der Waals surface area contributed by atoms with Crippen molar-refractivity contribution in [2.75, 3.05) is 5.32 Å². The number of oxazole rings is 1. The normalized spacial score (nSPS) is 10.8. The molecule has 112 valence electrons. The Morgan fingerprint density at radius 3 is 2.65 bits per heavy atom. The van der Waals surface area contributed by atoms with Crippen LogP contribution in [0.3, 0.4) is 0 Å². The second kappa shape index (κ2) is 5.42. The van der Waals surface area contributed by atoms with Crippen molar-refractivity contribution < 1.29 is 9.21 Å². The second-order valence-electron chi connectivity index (χ2n) is 4.95. The van der Waals surface area contributed by atoms with E-state index in [0.29, 0.717) is 11.7 Å². The maximum absolute atomic E-state index is 12.2. The quantitative estimate of drug-likeness (QED) is 0.607. The van der Waals surface area contributed by atoms with E-state index in [1.807, 2.05) is 54.6 Å². The number of carbonyl (C=O) groups is 1. The number of rotatable bonds is 3. The molecule has 0 aliphatic carbocycles. The minimum Gasteiger partial charge on any atom is -0.432 e. The van der Waals surface area contributed by atoms with Gasteiger partial charge >= 0.3 is 5.91 Å². The first-order valence-electron chi connectivity index (χ1n) is 7.07. The summed E-state index contributed by atoms with van der Waals surface area (Å²) in [5.41, 5.74) is 2.49. The largest absolute Gasteiger partial charge is 0.432 e. The highest BCUT2D eigenvalue weighted by atomic mass is 16.4. The van der Waals surface area contributed by atoms with Crippen LogP contribution >= 0.6 is 0 Å². The lowest BCUT2D eigenvalue weighted by molar-refractivity contribution is 0.0990. The fraction of sp³-hybridized carbons (Fsp3) is 0. The van der Waals surface area contributed by atoms with Crippen molar-refractivity contribution in [1.82, 2.24) is 15.0 Å². The van der Waals surface area contributed by atoms with Crippen molar-refractivity contribution in [2.24, 2.45) is 0 Å². The smallest absolute Gasteiger partial charge is 0.313 e. The summed E-state index contributed by atoms with van der Waals surface area (Å²) < 4.78 is 5.51. The molecule has 6 nitrogen and oxygen atoms in total. The molecule has 0 unspecified atom stereocenters. The molecule has 4 aromatic rings. The van der Waals surface area contributed by atoms with E-state index in [-0.39, 0.29) is 5.89 Å². The third-order valence-corrected chi connectivity index (χ3v) is 3.38. The molecule has 4 rings (SSSR count). The summed E-state index contributed by atoms with van der Waals surface area (Å²) in [4.78, 5) is 23.5. The number of aromatic amines is 1. The lowest BCUT2D eigenvalue weighted by Gasteiger charge is -1.97. The standard InChI is InChI=1S/C17H12N4O2/c22-15(21-17-19-12-8-4-5-9-13(12)20-17)16-18-10-14(23-16)11-6-2-1-3-7-11/h1-10H,(H2,19,20,21,22). The monoisotopic (exact) mass is 304 g/mol. The summed E-state index contributed by atoms with van der Waals surface area (Å²) in [6.45, 7) is 0. The maximum atomic E-state index is 12.2. The van der Waals surface area contributed by atoms with Gasteiger partial charge in [0.15, 0.2) is 5.76 Å². The van der Waals surface area contributed by atoms with E-state index in [9.17, 15) is 4.79 Å². The van der Waals surface area contributed by atoms with Crippen LogP contribution in [-0.4, -0.2) is 20.9 Å². The van der Waals surface area contributed by atoms with Crippen molar-refractivity contribution in [1.29, 1.82) is 0 Å². The average Bonchev–Trinajstić information content (AvgIpc) is 3.22. The number of nitrogens with one attached hydrogen (secondary N) is 2. The average molecular weight is 304 g/mol. The van der Waals surface area contributed by atoms with Gasteiger partial charge in [0.05, 0.1) is 17.2 Å². The number of H-pyrrole nitrogens is 1. The van der Waals surface area contributed by atoms with E-state index >= 15 is 0 Å². The number of hydrogen-bond donors (Lipinski definition) is 2. The molecular weight excluding hydrogens is 292 g/mol. The third-order valence-electron chi connectivity index (χ3n) is 3.38. The fourth-order valence-corrected chi connectivity index (χ4v) is 2.29. The molecule has 2 aromatic heterocycles. The van der Waals surface area contributed by atoms with Gasteiger partial charge in [0.1, 0.15) is 0 Å². The van der Waals surface area contributed by atoms with E-state index in [1.165, 1.54) is 6.20 Å². The Balaban J connectivity index is 1.56. The molecule has 1 amide bonds. The second-order valence-corrected chi connectivity index (χ2v) is 4.95. The molecule has 0 bridgehead atoms. The molecule has 0 saturated carbocycles. The Morgan fingerprint density at radius 1 is 1.04 bits per heavy atom. The van der Waals surface area contributed by atoms with E-state index in [4.69, 9.17) is 4.42 Å². The summed E-state index contributed by atoms with van der Waals surface area (Å²) in [6.07, 6.45) is 1.53. The fourth-order valence-electron chi connectivity index (χ4n) is 2.29. The lowest BCUT2D eigenvalue weighted by Crippen LogP contribution is -2.13. The number of imidazole rings is 1. The molecule has 0 fully saturated rings. The minimum absolute atomic E-state index is 0.00990. The van der Waals surface area contributed by atoms with Crippen LogP contribution in [0.25, 0.3) is 22.4 Å². The number of amides is 1. The Morgan fingerprint density at radius 2 is 1.83 bits per heavy atom. The first kappa shape index (κ1) is 13.3. The van der Waals surface area contributed by atoms with Crippen LogP contribution in [0.4, 0.5) is 5.95 Å². The van der Waals surface area contributed by atoms with Gasteiger partial charge in [-0.05, 0) is 12.1 Å². The van der Waals surface area contributed by atoms with Crippen LogP contribution in [0.1, 0.15) is 10.7 Å². The molecule has 0 spiro atoms. The molecule has 23 heavy (non-hydrogen) atoms. The molecular formula is C17H12N4O2. The van der Waals surface area contributed by atoms with E-state index in [0.717, 1.165) is 16.6 Å². The number of aromatic nitrogens is 3. The Hall–Kier alpha value is -3.41. The number of anilines is 1. The van der Waals surface area contributed by atoms with Crippen LogP contribution in [0.5, 0.6) is 0 Å². The molecule has 2 heterocycles. The number of hydrogen-bond acceptors (Lipinski definition) is 4. The lowest BCUT2D eigenvalue weighted by atomic mass is 10.2. The number of carbonyl (C=O) groups excluding carboxylic acids is 1. The van der Waals surface area contributed by atoms with Gasteiger partial charge in [-0.3, -0.25) is 10.1 Å². The van der Waals surface area contributed by atoms with Gasteiger partial charge in [-0.25, -0.2) is 9.97 Å². The summed E-state index contributed by atoms with van der Waals surface area (Å²) in [6, 6.07) is 17.0. The van der Waals surface area contributed by atoms with Gasteiger partial charge in [0, 0.05) is 5.56 Å². The van der Waals surface area contributed by atoms with Crippen molar-refractivity contribution in [3.8, 4) is 11.3 Å². The Bertz CT molecular complexity index is 939. The molecule has 6 heteroatoms. The molecule has 2 aromatic carbocycles. The molecule has 2 N–H and O–H groups in total. The maximum Gasteiger partial charge on any atom is 0.313 e. The highest BCUT2D eigenvalue weighted by molar-refractivity contribution is 6.00. The van der Waals surface area contributed by atoms with Gasteiger partial charge in [0.2, 0.25) is 5.95 Å². The van der Waals surface area contributed by atoms with E-state index in [1.54, 1.807) is 0 Å². The van der Waals surface area contributed by atoms with Crippen molar-refractivity contribution in [2.45, 2.75) is 0 Å². The van der Waals surface area contributed by atoms with Crippen LogP contribution in [0, 0.1) is 0 Å². The predicted molar refractivity (Wildman–Crippen MR) is 86.0 cm³/mol. The van der Waals surface area contributed by atoms with E-state index < -0.39 is 5.91 Å². The summed E-state index contributed by atoms with van der Waals surface area (Å²) in [5.74, 6) is 0.437. The van der Waals surface area contributed by atoms with Crippen LogP contribution in [0.2, 0.25) is 0 Å². The first-order chi connectivity index (χ1) is 11.3. The topological polar surface area (TPSA) is 83.8 Å². The number of para-hydroxylation sites is 2. The third kappa shape index (κ3) is 2.57. The van der Waals surface area contributed by atoms with Crippen LogP contribution < -0.4 is 5.32 Å². The minimum atomic E-state index is -0.453. The summed E-state index contributed by atoms with van der Waals surface area (Å²) >= 11 is 0. The summed E-state index contributed by atoms with van der Waals surface area (Å²) in [7, 11) is 0. The number of nitrogens with zero attached hydrogens (tertiary/aromatic N) is 2. The van der Waals surface area contributed by atoms with Gasteiger partial charge in [-0.15, -0.1) is 0 Å². The predicted octanol–water partition coefficient (Wildman–Crippen LogP) is 3.47. The van der Waals surface area contributed by atoms with Crippen LogP contribution in [-0.2, 0) is 0 Å². The molecule has 0 aliphatic rings. The van der Waals surface area contributed by atoms with Gasteiger partial charge in [-0.1, -0.05) is 42.5 Å². The Labute approximate surface area is 131 Å².